The van der Waals surface area contributed by atoms with Gasteiger partial charge < -0.3 is 10.2 Å². The Balaban J connectivity index is 2.55. The van der Waals surface area contributed by atoms with Gasteiger partial charge in [0.25, 0.3) is 0 Å². The van der Waals surface area contributed by atoms with Crippen LogP contribution in [0.5, 0.6) is 11.5 Å². The molecule has 0 spiro atoms. The number of halogens is 1. The number of aromatic hydroxyl groups is 2. The Bertz CT molecular complexity index is 826. The number of allylic oxidation sites excluding steroid dienone is 1. The van der Waals surface area contributed by atoms with Crippen molar-refractivity contribution in [3.05, 3.63) is 44.6 Å². The third kappa shape index (κ3) is 3.10. The third-order valence-electron chi connectivity index (χ3n) is 2.52. The largest absolute Gasteiger partial charge is 0.504 e. The van der Waals surface area contributed by atoms with E-state index < -0.39 is 20.5 Å². The molecule has 1 heterocycles. The topological polar surface area (TPSA) is 98.4 Å². The van der Waals surface area contributed by atoms with Gasteiger partial charge in [-0.1, -0.05) is 6.07 Å². The fourth-order valence-corrected chi connectivity index (χ4v) is 4.28. The van der Waals surface area contributed by atoms with Gasteiger partial charge in [-0.25, -0.2) is 8.42 Å². The Kier molecular flexibility index (Phi) is 4.37. The van der Waals surface area contributed by atoms with Gasteiger partial charge in [-0.3, -0.25) is 0 Å². The van der Waals surface area contributed by atoms with E-state index in [1.54, 1.807) is 17.5 Å². The lowest BCUT2D eigenvalue weighted by Crippen LogP contribution is -2.01. The van der Waals surface area contributed by atoms with Crippen LogP contribution in [0.4, 0.5) is 0 Å². The molecule has 0 aliphatic heterocycles. The SMILES string of the molecule is N#C/C(=C\c1cc(O)c(O)c(Br)c1)S(=O)(=O)c1cccs1. The van der Waals surface area contributed by atoms with Crippen molar-refractivity contribution in [3.8, 4) is 17.6 Å². The second kappa shape index (κ2) is 5.89. The van der Waals surface area contributed by atoms with Crippen LogP contribution in [0.25, 0.3) is 6.08 Å². The molecule has 0 aliphatic carbocycles. The predicted molar refractivity (Wildman–Crippen MR) is 82.6 cm³/mol. The number of nitriles is 1. The second-order valence-electron chi connectivity index (χ2n) is 3.93. The predicted octanol–water partition coefficient (Wildman–Crippen LogP) is 3.26. The summed E-state index contributed by atoms with van der Waals surface area (Å²) in [7, 11) is -3.88. The number of phenolic OH excluding ortho intramolecular Hbond substituents is 2. The summed E-state index contributed by atoms with van der Waals surface area (Å²) >= 11 is 4.04. The summed E-state index contributed by atoms with van der Waals surface area (Å²) in [5.41, 5.74) is 0.272. The van der Waals surface area contributed by atoms with E-state index in [1.807, 2.05) is 0 Å². The molecule has 1 aromatic heterocycles. The van der Waals surface area contributed by atoms with Crippen LogP contribution in [0, 0.1) is 11.3 Å². The average Bonchev–Trinajstić information content (AvgIpc) is 2.96. The molecule has 0 fully saturated rings. The van der Waals surface area contributed by atoms with E-state index in [-0.39, 0.29) is 20.0 Å². The molecule has 5 nitrogen and oxygen atoms in total. The lowest BCUT2D eigenvalue weighted by atomic mass is 10.2. The summed E-state index contributed by atoms with van der Waals surface area (Å²) in [5, 5.41) is 29.6. The van der Waals surface area contributed by atoms with E-state index in [0.29, 0.717) is 0 Å². The van der Waals surface area contributed by atoms with E-state index >= 15 is 0 Å². The highest BCUT2D eigenvalue weighted by atomic mass is 79.9. The summed E-state index contributed by atoms with van der Waals surface area (Å²) in [6, 6.07) is 7.21. The van der Waals surface area contributed by atoms with Crippen molar-refractivity contribution in [2.75, 3.05) is 0 Å². The molecule has 0 atom stereocenters. The fourth-order valence-electron chi connectivity index (χ4n) is 1.53. The van der Waals surface area contributed by atoms with Crippen LogP contribution in [-0.4, -0.2) is 18.6 Å². The van der Waals surface area contributed by atoms with E-state index in [1.165, 1.54) is 18.2 Å². The summed E-state index contributed by atoms with van der Waals surface area (Å²) in [6.45, 7) is 0. The zero-order chi connectivity index (χ0) is 15.6. The van der Waals surface area contributed by atoms with Crippen LogP contribution in [0.15, 0.2) is 43.2 Å². The van der Waals surface area contributed by atoms with Gasteiger partial charge in [-0.2, -0.15) is 5.26 Å². The van der Waals surface area contributed by atoms with E-state index in [0.717, 1.165) is 17.4 Å². The smallest absolute Gasteiger partial charge is 0.226 e. The monoisotopic (exact) mass is 385 g/mol. The highest BCUT2D eigenvalue weighted by molar-refractivity contribution is 9.10. The summed E-state index contributed by atoms with van der Waals surface area (Å²) in [6.07, 6.45) is 1.14. The van der Waals surface area contributed by atoms with Crippen molar-refractivity contribution in [1.82, 2.24) is 0 Å². The van der Waals surface area contributed by atoms with Gasteiger partial charge in [0.15, 0.2) is 16.4 Å². The lowest BCUT2D eigenvalue weighted by molar-refractivity contribution is 0.401. The number of benzene rings is 1. The zero-order valence-electron chi connectivity index (χ0n) is 10.3. The Hall–Kier alpha value is -1.82. The first-order valence-electron chi connectivity index (χ1n) is 5.48. The Morgan fingerprint density at radius 1 is 1.38 bits per heavy atom. The molecular weight excluding hydrogens is 378 g/mol. The first-order chi connectivity index (χ1) is 9.86. The molecule has 2 aromatic rings. The number of hydrogen-bond acceptors (Lipinski definition) is 6. The number of rotatable bonds is 3. The summed E-state index contributed by atoms with van der Waals surface area (Å²) in [5.74, 6) is -0.770. The first kappa shape index (κ1) is 15.6. The van der Waals surface area contributed by atoms with Gasteiger partial charge in [-0.15, -0.1) is 11.3 Å². The zero-order valence-corrected chi connectivity index (χ0v) is 13.5. The molecule has 0 saturated carbocycles. The Morgan fingerprint density at radius 3 is 2.62 bits per heavy atom. The van der Waals surface area contributed by atoms with Crippen LogP contribution < -0.4 is 0 Å². The van der Waals surface area contributed by atoms with Crippen molar-refractivity contribution in [3.63, 3.8) is 0 Å². The van der Waals surface area contributed by atoms with Crippen LogP contribution in [0.1, 0.15) is 5.56 Å². The molecule has 0 saturated heterocycles. The van der Waals surface area contributed by atoms with Gasteiger partial charge >= 0.3 is 0 Å². The first-order valence-corrected chi connectivity index (χ1v) is 8.63. The van der Waals surface area contributed by atoms with E-state index in [9.17, 15) is 18.6 Å². The molecular formula is C13H8BrNO4S2. The normalized spacial score (nSPS) is 12.1. The van der Waals surface area contributed by atoms with Gasteiger partial charge in [-0.05, 0) is 51.1 Å². The lowest BCUT2D eigenvalue weighted by Gasteiger charge is -2.04. The van der Waals surface area contributed by atoms with Crippen LogP contribution >= 0.6 is 27.3 Å². The standard InChI is InChI=1S/C13H8BrNO4S2/c14-10-5-8(6-11(16)13(10)17)4-9(7-15)21(18,19)12-2-1-3-20-12/h1-6,16-17H/b9-4+. The molecule has 108 valence electrons. The molecule has 2 rings (SSSR count). The van der Waals surface area contributed by atoms with Gasteiger partial charge in [0.2, 0.25) is 9.84 Å². The molecule has 0 radical (unpaired) electrons. The average molecular weight is 386 g/mol. The molecule has 0 amide bonds. The second-order valence-corrected chi connectivity index (χ2v) is 7.87. The van der Waals surface area contributed by atoms with Crippen molar-refractivity contribution in [1.29, 1.82) is 5.26 Å². The van der Waals surface area contributed by atoms with Crippen LogP contribution in [0.2, 0.25) is 0 Å². The van der Waals surface area contributed by atoms with Crippen LogP contribution in [0.3, 0.4) is 0 Å². The van der Waals surface area contributed by atoms with Crippen molar-refractivity contribution >= 4 is 43.2 Å². The number of phenols is 2. The molecule has 21 heavy (non-hydrogen) atoms. The quantitative estimate of drug-likeness (QED) is 0.623. The van der Waals surface area contributed by atoms with E-state index in [2.05, 4.69) is 15.9 Å². The minimum Gasteiger partial charge on any atom is -0.504 e. The molecule has 1 aromatic carbocycles. The summed E-state index contributed by atoms with van der Waals surface area (Å²) in [4.78, 5) is -0.443. The molecule has 0 aliphatic rings. The number of hydrogen-bond donors (Lipinski definition) is 2. The van der Waals surface area contributed by atoms with Crippen LogP contribution in [-0.2, 0) is 9.84 Å². The fraction of sp³-hybridized carbons (Fsp3) is 0. The van der Waals surface area contributed by atoms with E-state index in [4.69, 9.17) is 5.26 Å². The van der Waals surface area contributed by atoms with Gasteiger partial charge in [0, 0.05) is 0 Å². The molecule has 0 bridgehead atoms. The molecule has 0 unspecified atom stereocenters. The molecule has 8 heteroatoms. The highest BCUT2D eigenvalue weighted by Crippen LogP contribution is 2.35. The number of sulfone groups is 1. The number of thiophene rings is 1. The minimum absolute atomic E-state index is 0.0670. The summed E-state index contributed by atoms with van der Waals surface area (Å²) < 4.78 is 24.8. The maximum absolute atomic E-state index is 12.3. The molecule has 2 N–H and O–H groups in total. The Labute approximate surface area is 133 Å². The van der Waals surface area contributed by atoms with Gasteiger partial charge in [0.05, 0.1) is 4.47 Å². The van der Waals surface area contributed by atoms with Crippen molar-refractivity contribution < 1.29 is 18.6 Å². The minimum atomic E-state index is -3.88. The number of nitrogens with zero attached hydrogens (tertiary/aromatic N) is 1. The Morgan fingerprint density at radius 2 is 2.10 bits per heavy atom. The van der Waals surface area contributed by atoms with Crippen molar-refractivity contribution in [2.45, 2.75) is 4.21 Å². The van der Waals surface area contributed by atoms with Crippen molar-refractivity contribution in [2.24, 2.45) is 0 Å². The highest BCUT2D eigenvalue weighted by Gasteiger charge is 2.22. The third-order valence-corrected chi connectivity index (χ3v) is 6.19. The maximum Gasteiger partial charge on any atom is 0.226 e. The van der Waals surface area contributed by atoms with Gasteiger partial charge in [0.1, 0.15) is 10.3 Å². The maximum atomic E-state index is 12.3.